The first-order valence-corrected chi connectivity index (χ1v) is 7.26. The lowest BCUT2D eigenvalue weighted by atomic mass is 10.0. The zero-order chi connectivity index (χ0) is 13.8. The summed E-state index contributed by atoms with van der Waals surface area (Å²) in [5, 5.41) is 0. The van der Waals surface area contributed by atoms with Crippen molar-refractivity contribution < 1.29 is 4.74 Å². The van der Waals surface area contributed by atoms with Crippen molar-refractivity contribution in [3.05, 3.63) is 29.8 Å². The molecule has 1 aliphatic rings. The third-order valence-electron chi connectivity index (χ3n) is 3.95. The van der Waals surface area contributed by atoms with Crippen LogP contribution in [0.5, 0.6) is 5.75 Å². The van der Waals surface area contributed by atoms with E-state index < -0.39 is 0 Å². The van der Waals surface area contributed by atoms with Crippen molar-refractivity contribution in [3.63, 3.8) is 0 Å². The Balaban J connectivity index is 2.24. The number of nitrogens with zero attached hydrogens (tertiary/aromatic N) is 1. The lowest BCUT2D eigenvalue weighted by Crippen LogP contribution is -2.40. The minimum absolute atomic E-state index is 0.247. The van der Waals surface area contributed by atoms with E-state index in [0.29, 0.717) is 12.6 Å². The normalized spacial score (nSPS) is 16.9. The molecule has 0 spiro atoms. The molecular formula is C16H26N2O. The molecular weight excluding hydrogens is 236 g/mol. The molecule has 1 fully saturated rings. The van der Waals surface area contributed by atoms with E-state index in [2.05, 4.69) is 30.9 Å². The van der Waals surface area contributed by atoms with E-state index in [-0.39, 0.29) is 6.04 Å². The van der Waals surface area contributed by atoms with E-state index in [0.717, 1.165) is 18.2 Å². The number of benzene rings is 1. The van der Waals surface area contributed by atoms with Crippen molar-refractivity contribution in [2.24, 2.45) is 11.7 Å². The van der Waals surface area contributed by atoms with Crippen molar-refractivity contribution in [2.45, 2.75) is 38.8 Å². The standard InChI is InChI=1S/C16H26N2O/c1-12(2)18(11-13-8-9-13)15(10-17)14-6-4-5-7-16(14)19-3/h4-7,12-13,15H,8-11,17H2,1-3H3. The SMILES string of the molecule is COc1ccccc1C(CN)N(CC1CC1)C(C)C. The number of hydrogen-bond donors (Lipinski definition) is 1. The second-order valence-electron chi connectivity index (χ2n) is 5.73. The van der Waals surface area contributed by atoms with Crippen molar-refractivity contribution in [2.75, 3.05) is 20.2 Å². The summed E-state index contributed by atoms with van der Waals surface area (Å²) in [6.45, 7) is 6.28. The number of ether oxygens (including phenoxy) is 1. The summed E-state index contributed by atoms with van der Waals surface area (Å²) in [5.74, 6) is 1.81. The molecule has 19 heavy (non-hydrogen) atoms. The maximum atomic E-state index is 6.07. The Hall–Kier alpha value is -1.06. The smallest absolute Gasteiger partial charge is 0.123 e. The molecule has 106 valence electrons. The Morgan fingerprint density at radius 2 is 2.00 bits per heavy atom. The second-order valence-corrected chi connectivity index (χ2v) is 5.73. The Bertz CT molecular complexity index is 401. The van der Waals surface area contributed by atoms with Gasteiger partial charge in [0.05, 0.1) is 13.2 Å². The highest BCUT2D eigenvalue weighted by molar-refractivity contribution is 5.36. The van der Waals surface area contributed by atoms with Gasteiger partial charge >= 0.3 is 0 Å². The summed E-state index contributed by atoms with van der Waals surface area (Å²) in [6, 6.07) is 8.98. The van der Waals surface area contributed by atoms with Crippen molar-refractivity contribution in [3.8, 4) is 5.75 Å². The Morgan fingerprint density at radius 1 is 1.32 bits per heavy atom. The fraction of sp³-hybridized carbons (Fsp3) is 0.625. The van der Waals surface area contributed by atoms with Crippen LogP contribution >= 0.6 is 0 Å². The minimum atomic E-state index is 0.247. The molecule has 1 aromatic rings. The van der Waals surface area contributed by atoms with E-state index in [1.165, 1.54) is 18.4 Å². The van der Waals surface area contributed by atoms with Gasteiger partial charge in [0.25, 0.3) is 0 Å². The second kappa shape index (κ2) is 6.40. The van der Waals surface area contributed by atoms with Gasteiger partial charge < -0.3 is 10.5 Å². The first kappa shape index (κ1) is 14.4. The molecule has 0 heterocycles. The molecule has 1 saturated carbocycles. The van der Waals surface area contributed by atoms with Gasteiger partial charge in [-0.15, -0.1) is 0 Å². The van der Waals surface area contributed by atoms with Gasteiger partial charge in [0.2, 0.25) is 0 Å². The number of nitrogens with two attached hydrogens (primary N) is 1. The Kier molecular flexibility index (Phi) is 4.83. The molecule has 2 rings (SSSR count). The Morgan fingerprint density at radius 3 is 2.53 bits per heavy atom. The van der Waals surface area contributed by atoms with Crippen LogP contribution in [-0.2, 0) is 0 Å². The molecule has 0 bridgehead atoms. The molecule has 3 nitrogen and oxygen atoms in total. The average Bonchev–Trinajstić information content (AvgIpc) is 3.23. The van der Waals surface area contributed by atoms with Gasteiger partial charge in [0.1, 0.15) is 5.75 Å². The largest absolute Gasteiger partial charge is 0.496 e. The van der Waals surface area contributed by atoms with Gasteiger partial charge in [0, 0.05) is 24.7 Å². The zero-order valence-electron chi connectivity index (χ0n) is 12.3. The van der Waals surface area contributed by atoms with Crippen LogP contribution in [-0.4, -0.2) is 31.1 Å². The van der Waals surface area contributed by atoms with Crippen LogP contribution in [0.2, 0.25) is 0 Å². The fourth-order valence-corrected chi connectivity index (χ4v) is 2.68. The van der Waals surface area contributed by atoms with Crippen LogP contribution in [0.1, 0.15) is 38.3 Å². The maximum absolute atomic E-state index is 6.07. The van der Waals surface area contributed by atoms with Crippen LogP contribution < -0.4 is 10.5 Å². The van der Waals surface area contributed by atoms with Crippen molar-refractivity contribution >= 4 is 0 Å². The van der Waals surface area contributed by atoms with Crippen LogP contribution in [0.15, 0.2) is 24.3 Å². The minimum Gasteiger partial charge on any atom is -0.496 e. The molecule has 1 unspecified atom stereocenters. The average molecular weight is 262 g/mol. The molecule has 3 heteroatoms. The summed E-state index contributed by atoms with van der Waals surface area (Å²) in [4.78, 5) is 2.52. The fourth-order valence-electron chi connectivity index (χ4n) is 2.68. The van der Waals surface area contributed by atoms with Crippen LogP contribution in [0.3, 0.4) is 0 Å². The number of para-hydroxylation sites is 1. The van der Waals surface area contributed by atoms with E-state index in [4.69, 9.17) is 10.5 Å². The number of rotatable bonds is 7. The van der Waals surface area contributed by atoms with Gasteiger partial charge in [-0.3, -0.25) is 4.90 Å². The monoisotopic (exact) mass is 262 g/mol. The lowest BCUT2D eigenvalue weighted by Gasteiger charge is -2.35. The lowest BCUT2D eigenvalue weighted by molar-refractivity contribution is 0.147. The molecule has 0 amide bonds. The summed E-state index contributed by atoms with van der Waals surface area (Å²) in [5.41, 5.74) is 7.28. The van der Waals surface area contributed by atoms with E-state index in [9.17, 15) is 0 Å². The van der Waals surface area contributed by atoms with Gasteiger partial charge in [-0.1, -0.05) is 18.2 Å². The van der Waals surface area contributed by atoms with Crippen LogP contribution in [0.25, 0.3) is 0 Å². The van der Waals surface area contributed by atoms with Gasteiger partial charge in [0.15, 0.2) is 0 Å². The summed E-state index contributed by atoms with van der Waals surface area (Å²) >= 11 is 0. The topological polar surface area (TPSA) is 38.5 Å². The van der Waals surface area contributed by atoms with E-state index in [1.54, 1.807) is 7.11 Å². The van der Waals surface area contributed by atoms with Crippen molar-refractivity contribution in [1.29, 1.82) is 0 Å². The summed E-state index contributed by atoms with van der Waals surface area (Å²) < 4.78 is 5.50. The molecule has 2 N–H and O–H groups in total. The van der Waals surface area contributed by atoms with Crippen LogP contribution in [0.4, 0.5) is 0 Å². The number of hydrogen-bond acceptors (Lipinski definition) is 3. The third kappa shape index (κ3) is 3.48. The van der Waals surface area contributed by atoms with Gasteiger partial charge in [-0.25, -0.2) is 0 Å². The maximum Gasteiger partial charge on any atom is 0.123 e. The molecule has 0 aromatic heterocycles. The number of methoxy groups -OCH3 is 1. The predicted octanol–water partition coefficient (Wildman–Crippen LogP) is 2.82. The molecule has 0 radical (unpaired) electrons. The zero-order valence-corrected chi connectivity index (χ0v) is 12.3. The molecule has 1 aromatic carbocycles. The molecule has 1 atom stereocenters. The first-order chi connectivity index (χ1) is 9.17. The Labute approximate surface area is 116 Å². The highest BCUT2D eigenvalue weighted by atomic mass is 16.5. The van der Waals surface area contributed by atoms with Gasteiger partial charge in [-0.05, 0) is 38.7 Å². The highest BCUT2D eigenvalue weighted by Gasteiger charge is 2.30. The predicted molar refractivity (Wildman–Crippen MR) is 79.4 cm³/mol. The van der Waals surface area contributed by atoms with Crippen molar-refractivity contribution in [1.82, 2.24) is 4.90 Å². The van der Waals surface area contributed by atoms with E-state index in [1.807, 2.05) is 12.1 Å². The molecule has 0 saturated heterocycles. The van der Waals surface area contributed by atoms with Crippen LogP contribution in [0, 0.1) is 5.92 Å². The first-order valence-electron chi connectivity index (χ1n) is 7.26. The third-order valence-corrected chi connectivity index (χ3v) is 3.95. The highest BCUT2D eigenvalue weighted by Crippen LogP contribution is 2.35. The van der Waals surface area contributed by atoms with Gasteiger partial charge in [-0.2, -0.15) is 0 Å². The summed E-state index contributed by atoms with van der Waals surface area (Å²) in [6.07, 6.45) is 2.73. The molecule has 0 aliphatic heterocycles. The summed E-state index contributed by atoms with van der Waals surface area (Å²) in [7, 11) is 1.73. The quantitative estimate of drug-likeness (QED) is 0.821. The molecule has 1 aliphatic carbocycles. The van der Waals surface area contributed by atoms with E-state index >= 15 is 0 Å².